The van der Waals surface area contributed by atoms with Crippen molar-refractivity contribution >= 4 is 22.0 Å². The van der Waals surface area contributed by atoms with E-state index in [-0.39, 0.29) is 18.0 Å². The van der Waals surface area contributed by atoms with Gasteiger partial charge in [0.1, 0.15) is 11.4 Å². The highest BCUT2D eigenvalue weighted by Crippen LogP contribution is 2.25. The van der Waals surface area contributed by atoms with E-state index in [0.29, 0.717) is 11.0 Å². The summed E-state index contributed by atoms with van der Waals surface area (Å²) in [7, 11) is 0. The summed E-state index contributed by atoms with van der Waals surface area (Å²) in [4.78, 5) is 14.3. The number of carbonyl (C=O) groups is 1. The van der Waals surface area contributed by atoms with Crippen LogP contribution in [0.3, 0.4) is 0 Å². The van der Waals surface area contributed by atoms with Crippen molar-refractivity contribution in [2.75, 3.05) is 0 Å². The van der Waals surface area contributed by atoms with Crippen molar-refractivity contribution in [3.8, 4) is 0 Å². The first kappa shape index (κ1) is 18.0. The minimum absolute atomic E-state index is 0.00977. The van der Waals surface area contributed by atoms with Crippen molar-refractivity contribution in [3.05, 3.63) is 46.2 Å². The highest BCUT2D eigenvalue weighted by Gasteiger charge is 2.28. The summed E-state index contributed by atoms with van der Waals surface area (Å²) in [6.45, 7) is 5.94. The molecule has 0 spiro atoms. The lowest BCUT2D eigenvalue weighted by atomic mass is 10.0. The van der Waals surface area contributed by atoms with Crippen LogP contribution in [0.15, 0.2) is 34.8 Å². The highest BCUT2D eigenvalue weighted by atomic mass is 79.9. The van der Waals surface area contributed by atoms with E-state index in [0.717, 1.165) is 24.8 Å². The normalized spacial score (nSPS) is 17.9. The summed E-state index contributed by atoms with van der Waals surface area (Å²) < 4.78 is 19.5. The molecule has 1 amide bonds. The van der Waals surface area contributed by atoms with Gasteiger partial charge in [-0.2, -0.15) is 0 Å². The van der Waals surface area contributed by atoms with Gasteiger partial charge in [0.25, 0.3) is 0 Å². The monoisotopic (exact) mass is 383 g/mol. The molecule has 0 bridgehead atoms. The Bertz CT molecular complexity index is 595. The van der Waals surface area contributed by atoms with Crippen LogP contribution in [0.25, 0.3) is 0 Å². The van der Waals surface area contributed by atoms with Crippen molar-refractivity contribution in [1.29, 1.82) is 0 Å². The molecule has 0 radical (unpaired) electrons. The molecule has 2 rings (SSSR count). The number of benzene rings is 1. The maximum Gasteiger partial charge on any atom is 0.411 e. The number of nitrogens with zero attached hydrogens (tertiary/aromatic N) is 1. The Balaban J connectivity index is 2.23. The Kier molecular flexibility index (Phi) is 5.84. The lowest BCUT2D eigenvalue weighted by Crippen LogP contribution is -2.42. The fraction of sp³-hybridized carbons (Fsp3) is 0.500. The molecule has 1 unspecified atom stereocenters. The molecule has 0 fully saturated rings. The van der Waals surface area contributed by atoms with Gasteiger partial charge in [-0.25, -0.2) is 9.18 Å². The zero-order chi connectivity index (χ0) is 17.0. The molecule has 0 aliphatic heterocycles. The van der Waals surface area contributed by atoms with Crippen molar-refractivity contribution in [3.63, 3.8) is 0 Å². The Labute approximate surface area is 145 Å². The first-order valence-electron chi connectivity index (χ1n) is 7.86. The van der Waals surface area contributed by atoms with Crippen molar-refractivity contribution in [1.82, 2.24) is 4.90 Å². The average molecular weight is 384 g/mol. The van der Waals surface area contributed by atoms with E-state index in [1.54, 1.807) is 11.0 Å². The minimum Gasteiger partial charge on any atom is -0.444 e. The smallest absolute Gasteiger partial charge is 0.411 e. The first-order valence-corrected chi connectivity index (χ1v) is 8.66. The molecule has 0 N–H and O–H groups in total. The molecule has 1 aliphatic rings. The van der Waals surface area contributed by atoms with Gasteiger partial charge in [-0.15, -0.1) is 0 Å². The largest absolute Gasteiger partial charge is 0.444 e. The van der Waals surface area contributed by atoms with Gasteiger partial charge >= 0.3 is 6.09 Å². The molecule has 0 heterocycles. The van der Waals surface area contributed by atoms with Crippen LogP contribution in [-0.4, -0.2) is 22.6 Å². The molecule has 23 heavy (non-hydrogen) atoms. The Morgan fingerprint density at radius 1 is 1.43 bits per heavy atom. The summed E-state index contributed by atoms with van der Waals surface area (Å²) in [6, 6.07) is 4.53. The molecule has 126 valence electrons. The SMILES string of the molecule is CC(C)(C)OC(=O)N(Cc1ccc(F)cc1Br)C1C=CCCC1. The van der Waals surface area contributed by atoms with Gasteiger partial charge in [0.2, 0.25) is 0 Å². The summed E-state index contributed by atoms with van der Waals surface area (Å²) in [5.41, 5.74) is 0.310. The number of rotatable bonds is 3. The zero-order valence-corrected chi connectivity index (χ0v) is 15.4. The van der Waals surface area contributed by atoms with Crippen molar-refractivity contribution < 1.29 is 13.9 Å². The molecule has 5 heteroatoms. The molecular weight excluding hydrogens is 361 g/mol. The highest BCUT2D eigenvalue weighted by molar-refractivity contribution is 9.10. The van der Waals surface area contributed by atoms with E-state index < -0.39 is 5.60 Å². The Hall–Kier alpha value is -1.36. The van der Waals surface area contributed by atoms with Crippen molar-refractivity contribution in [2.45, 2.75) is 58.2 Å². The average Bonchev–Trinajstić information content (AvgIpc) is 2.45. The van der Waals surface area contributed by atoms with E-state index in [2.05, 4.69) is 28.1 Å². The van der Waals surface area contributed by atoms with Crippen LogP contribution < -0.4 is 0 Å². The third kappa shape index (κ3) is 5.34. The lowest BCUT2D eigenvalue weighted by molar-refractivity contribution is 0.0168. The van der Waals surface area contributed by atoms with E-state index in [9.17, 15) is 9.18 Å². The number of ether oxygens (including phenoxy) is 1. The number of halogens is 2. The second kappa shape index (κ2) is 7.47. The van der Waals surface area contributed by atoms with Gasteiger partial charge in [-0.3, -0.25) is 4.90 Å². The van der Waals surface area contributed by atoms with Gasteiger partial charge in [0, 0.05) is 4.47 Å². The van der Waals surface area contributed by atoms with E-state index in [4.69, 9.17) is 4.74 Å². The number of hydrogen-bond donors (Lipinski definition) is 0. The molecule has 0 aromatic heterocycles. The molecular formula is C18H23BrFNO2. The van der Waals surface area contributed by atoms with Gasteiger partial charge in [-0.1, -0.05) is 34.1 Å². The Morgan fingerprint density at radius 2 is 2.17 bits per heavy atom. The fourth-order valence-corrected chi connectivity index (χ4v) is 3.00. The second-order valence-corrected chi connectivity index (χ2v) is 7.62. The standard InChI is InChI=1S/C18H23BrFNO2/c1-18(2,3)23-17(22)21(15-7-5-4-6-8-15)12-13-9-10-14(20)11-16(13)19/h5,7,9-11,15H,4,6,8,12H2,1-3H3. The minimum atomic E-state index is -0.548. The van der Waals surface area contributed by atoms with Crippen LogP contribution in [0, 0.1) is 5.82 Å². The molecule has 3 nitrogen and oxygen atoms in total. The maximum absolute atomic E-state index is 13.3. The first-order chi connectivity index (χ1) is 10.8. The van der Waals surface area contributed by atoms with E-state index in [1.165, 1.54) is 12.1 Å². The van der Waals surface area contributed by atoms with Crippen molar-refractivity contribution in [2.24, 2.45) is 0 Å². The van der Waals surface area contributed by atoms with Gasteiger partial charge < -0.3 is 4.74 Å². The number of hydrogen-bond acceptors (Lipinski definition) is 2. The van der Waals surface area contributed by atoms with Gasteiger partial charge in [-0.05, 0) is 57.7 Å². The maximum atomic E-state index is 13.3. The summed E-state index contributed by atoms with van der Waals surface area (Å²) in [5, 5.41) is 0. The van der Waals surface area contributed by atoms with E-state index in [1.807, 2.05) is 20.8 Å². The quantitative estimate of drug-likeness (QED) is 0.650. The molecule has 1 aliphatic carbocycles. The van der Waals surface area contributed by atoms with Crippen LogP contribution in [-0.2, 0) is 11.3 Å². The number of carbonyl (C=O) groups excluding carboxylic acids is 1. The second-order valence-electron chi connectivity index (χ2n) is 6.77. The molecule has 1 aromatic carbocycles. The van der Waals surface area contributed by atoms with Crippen LogP contribution in [0.5, 0.6) is 0 Å². The van der Waals surface area contributed by atoms with Crippen LogP contribution in [0.1, 0.15) is 45.6 Å². The molecule has 1 aromatic rings. The number of amides is 1. The summed E-state index contributed by atoms with van der Waals surface area (Å²) >= 11 is 3.37. The zero-order valence-electron chi connectivity index (χ0n) is 13.8. The van der Waals surface area contributed by atoms with Gasteiger partial charge in [0.15, 0.2) is 0 Å². The summed E-state index contributed by atoms with van der Waals surface area (Å²) in [6.07, 6.45) is 6.82. The Morgan fingerprint density at radius 3 is 2.74 bits per heavy atom. The molecule has 0 saturated heterocycles. The predicted octanol–water partition coefficient (Wildman–Crippen LogP) is 5.43. The fourth-order valence-electron chi connectivity index (χ4n) is 2.53. The predicted molar refractivity (Wildman–Crippen MR) is 92.7 cm³/mol. The molecule has 0 saturated carbocycles. The third-order valence-electron chi connectivity index (χ3n) is 3.61. The number of allylic oxidation sites excluding steroid dienone is 1. The lowest BCUT2D eigenvalue weighted by Gasteiger charge is -2.33. The van der Waals surface area contributed by atoms with Crippen LogP contribution in [0.2, 0.25) is 0 Å². The summed E-state index contributed by atoms with van der Waals surface area (Å²) in [5.74, 6) is -0.304. The molecule has 1 atom stereocenters. The van der Waals surface area contributed by atoms with Gasteiger partial charge in [0.05, 0.1) is 12.6 Å². The van der Waals surface area contributed by atoms with Crippen LogP contribution in [0.4, 0.5) is 9.18 Å². The van der Waals surface area contributed by atoms with E-state index >= 15 is 0 Å². The van der Waals surface area contributed by atoms with Crippen LogP contribution >= 0.6 is 15.9 Å². The topological polar surface area (TPSA) is 29.5 Å². The third-order valence-corrected chi connectivity index (χ3v) is 4.35.